The van der Waals surface area contributed by atoms with Crippen LogP contribution in [0.4, 0.5) is 5.82 Å². The summed E-state index contributed by atoms with van der Waals surface area (Å²) in [7, 11) is 1.88. The largest absolute Gasteiger partial charge is 0.459 e. The molecule has 2 N–H and O–H groups in total. The highest BCUT2D eigenvalue weighted by Gasteiger charge is 2.20. The number of ether oxygens (including phenoxy) is 1. The smallest absolute Gasteiger partial charge is 0.320 e. The molecular formula is C22H33N7O2. The SMILES string of the molecule is CCN(CCC(C)c1cc(N)n2ncc(-c3cnn(C)c3)c2n1)CC(=O)OC(C)(C)C. The number of esters is 1. The number of hydrogen-bond donors (Lipinski definition) is 1. The highest BCUT2D eigenvalue weighted by Crippen LogP contribution is 2.27. The Morgan fingerprint density at radius 2 is 2.03 bits per heavy atom. The topological polar surface area (TPSA) is 104 Å². The molecule has 0 fully saturated rings. The molecule has 3 aromatic rings. The predicted molar refractivity (Wildman–Crippen MR) is 121 cm³/mol. The first-order chi connectivity index (χ1) is 14.6. The van der Waals surface area contributed by atoms with Crippen molar-refractivity contribution in [2.75, 3.05) is 25.4 Å². The van der Waals surface area contributed by atoms with Gasteiger partial charge in [-0.2, -0.15) is 14.7 Å². The minimum atomic E-state index is -0.474. The van der Waals surface area contributed by atoms with Crippen molar-refractivity contribution >= 4 is 17.4 Å². The molecule has 0 radical (unpaired) electrons. The van der Waals surface area contributed by atoms with E-state index in [2.05, 4.69) is 22.0 Å². The lowest BCUT2D eigenvalue weighted by Crippen LogP contribution is -2.35. The van der Waals surface area contributed by atoms with Gasteiger partial charge in [-0.25, -0.2) is 4.98 Å². The van der Waals surface area contributed by atoms with Gasteiger partial charge >= 0.3 is 5.97 Å². The number of likely N-dealkylation sites (N-methyl/N-ethyl adjacent to an activating group) is 1. The minimum Gasteiger partial charge on any atom is -0.459 e. The number of nitrogens with zero attached hydrogens (tertiary/aromatic N) is 6. The van der Waals surface area contributed by atoms with Gasteiger partial charge in [0.25, 0.3) is 0 Å². The number of anilines is 1. The van der Waals surface area contributed by atoms with E-state index < -0.39 is 5.60 Å². The molecule has 0 aliphatic rings. The molecule has 3 aromatic heterocycles. The van der Waals surface area contributed by atoms with Gasteiger partial charge in [-0.15, -0.1) is 0 Å². The first-order valence-electron chi connectivity index (χ1n) is 10.6. The quantitative estimate of drug-likeness (QED) is 0.551. The molecule has 31 heavy (non-hydrogen) atoms. The van der Waals surface area contributed by atoms with Gasteiger partial charge in [-0.05, 0) is 46.2 Å². The maximum atomic E-state index is 12.2. The van der Waals surface area contributed by atoms with Crippen molar-refractivity contribution in [3.05, 3.63) is 30.4 Å². The van der Waals surface area contributed by atoms with Gasteiger partial charge in [0.1, 0.15) is 11.4 Å². The molecule has 9 heteroatoms. The summed E-state index contributed by atoms with van der Waals surface area (Å²) in [6.07, 6.45) is 6.33. The number of fused-ring (bicyclic) bond motifs is 1. The summed E-state index contributed by atoms with van der Waals surface area (Å²) < 4.78 is 8.85. The zero-order chi connectivity index (χ0) is 22.8. The van der Waals surface area contributed by atoms with E-state index >= 15 is 0 Å². The van der Waals surface area contributed by atoms with Crippen LogP contribution in [0, 0.1) is 0 Å². The molecule has 3 heterocycles. The lowest BCUT2D eigenvalue weighted by molar-refractivity contribution is -0.156. The maximum absolute atomic E-state index is 12.2. The van der Waals surface area contributed by atoms with Crippen molar-refractivity contribution < 1.29 is 9.53 Å². The zero-order valence-electron chi connectivity index (χ0n) is 19.3. The Bertz CT molecular complexity index is 1050. The summed E-state index contributed by atoms with van der Waals surface area (Å²) in [5.41, 5.74) is 9.26. The third-order valence-corrected chi connectivity index (χ3v) is 5.14. The van der Waals surface area contributed by atoms with Crippen LogP contribution in [-0.2, 0) is 16.6 Å². The highest BCUT2D eigenvalue weighted by molar-refractivity contribution is 5.77. The number of aromatic nitrogens is 5. The molecule has 3 rings (SSSR count). The maximum Gasteiger partial charge on any atom is 0.320 e. The molecule has 0 aromatic carbocycles. The monoisotopic (exact) mass is 427 g/mol. The molecule has 0 aliphatic heterocycles. The number of rotatable bonds is 8. The van der Waals surface area contributed by atoms with Crippen molar-refractivity contribution in [1.29, 1.82) is 0 Å². The molecule has 0 saturated heterocycles. The van der Waals surface area contributed by atoms with Gasteiger partial charge in [-0.3, -0.25) is 14.4 Å². The van der Waals surface area contributed by atoms with Crippen molar-refractivity contribution in [2.24, 2.45) is 7.05 Å². The molecule has 0 spiro atoms. The lowest BCUT2D eigenvalue weighted by Gasteiger charge is -2.25. The Hall–Kier alpha value is -2.94. The van der Waals surface area contributed by atoms with E-state index in [-0.39, 0.29) is 18.4 Å². The second kappa shape index (κ2) is 9.05. The van der Waals surface area contributed by atoms with Crippen LogP contribution in [0.1, 0.15) is 52.7 Å². The van der Waals surface area contributed by atoms with Crippen LogP contribution in [0.5, 0.6) is 0 Å². The Kier molecular flexibility index (Phi) is 6.64. The van der Waals surface area contributed by atoms with E-state index in [0.29, 0.717) is 5.82 Å². The normalized spacial score (nSPS) is 13.1. The number of nitrogen functional groups attached to an aromatic ring is 1. The van der Waals surface area contributed by atoms with Crippen LogP contribution in [0.15, 0.2) is 24.7 Å². The van der Waals surface area contributed by atoms with Gasteiger partial charge in [0, 0.05) is 36.1 Å². The third-order valence-electron chi connectivity index (χ3n) is 5.14. The number of hydrogen-bond acceptors (Lipinski definition) is 7. The molecule has 0 aliphatic carbocycles. The van der Waals surface area contributed by atoms with Crippen LogP contribution >= 0.6 is 0 Å². The molecular weight excluding hydrogens is 394 g/mol. The molecule has 0 amide bonds. The van der Waals surface area contributed by atoms with E-state index in [9.17, 15) is 4.79 Å². The van der Waals surface area contributed by atoms with Crippen LogP contribution in [0.3, 0.4) is 0 Å². The first-order valence-corrected chi connectivity index (χ1v) is 10.6. The summed E-state index contributed by atoms with van der Waals surface area (Å²) in [6, 6.07) is 1.88. The third kappa shape index (κ3) is 5.61. The zero-order valence-corrected chi connectivity index (χ0v) is 19.3. The van der Waals surface area contributed by atoms with Crippen molar-refractivity contribution in [1.82, 2.24) is 29.3 Å². The second-order valence-electron chi connectivity index (χ2n) is 8.95. The average molecular weight is 428 g/mol. The lowest BCUT2D eigenvalue weighted by atomic mass is 10.0. The van der Waals surface area contributed by atoms with E-state index in [1.54, 1.807) is 21.6 Å². The van der Waals surface area contributed by atoms with E-state index in [4.69, 9.17) is 15.5 Å². The van der Waals surface area contributed by atoms with E-state index in [1.165, 1.54) is 0 Å². The summed E-state index contributed by atoms with van der Waals surface area (Å²) >= 11 is 0. The number of aryl methyl sites for hydroxylation is 1. The Labute approximate surface area is 183 Å². The van der Waals surface area contributed by atoms with Crippen LogP contribution in [0.25, 0.3) is 16.8 Å². The minimum absolute atomic E-state index is 0.164. The standard InChI is InChI=1S/C22H33N7O2/c1-7-28(14-20(30)31-22(3,4)5)9-8-15(2)18-10-19(23)29-21(26-18)17(12-25-29)16-11-24-27(6)13-16/h10-13,15H,7-9,14,23H2,1-6H3. The predicted octanol–water partition coefficient (Wildman–Crippen LogP) is 2.87. The van der Waals surface area contributed by atoms with Crippen LogP contribution in [-0.4, -0.2) is 60.5 Å². The van der Waals surface area contributed by atoms with E-state index in [0.717, 1.165) is 42.0 Å². The number of carbonyl (C=O) groups is 1. The molecule has 1 atom stereocenters. The van der Waals surface area contributed by atoms with Crippen LogP contribution < -0.4 is 5.73 Å². The average Bonchev–Trinajstić information content (AvgIpc) is 3.29. The summed E-state index contributed by atoms with van der Waals surface area (Å²) in [4.78, 5) is 19.1. The molecule has 0 saturated carbocycles. The van der Waals surface area contributed by atoms with Crippen molar-refractivity contribution in [3.8, 4) is 11.1 Å². The number of carbonyl (C=O) groups excluding carboxylic acids is 1. The molecule has 9 nitrogen and oxygen atoms in total. The molecule has 168 valence electrons. The van der Waals surface area contributed by atoms with Gasteiger partial charge in [-0.1, -0.05) is 13.8 Å². The van der Waals surface area contributed by atoms with Gasteiger partial charge in [0.05, 0.1) is 18.9 Å². The van der Waals surface area contributed by atoms with Gasteiger partial charge < -0.3 is 10.5 Å². The molecule has 0 bridgehead atoms. The van der Waals surface area contributed by atoms with E-state index in [1.807, 2.05) is 47.0 Å². The number of nitrogens with two attached hydrogens (primary N) is 1. The summed E-state index contributed by atoms with van der Waals surface area (Å²) in [5, 5.41) is 8.63. The van der Waals surface area contributed by atoms with Gasteiger partial charge in [0.15, 0.2) is 5.65 Å². The Morgan fingerprint density at radius 3 is 2.65 bits per heavy atom. The van der Waals surface area contributed by atoms with Crippen molar-refractivity contribution in [2.45, 2.75) is 52.6 Å². The fraction of sp³-hybridized carbons (Fsp3) is 0.545. The van der Waals surface area contributed by atoms with Gasteiger partial charge in [0.2, 0.25) is 0 Å². The fourth-order valence-electron chi connectivity index (χ4n) is 3.45. The second-order valence-corrected chi connectivity index (χ2v) is 8.95. The summed E-state index contributed by atoms with van der Waals surface area (Å²) in [5.74, 6) is 0.505. The van der Waals surface area contributed by atoms with Crippen LogP contribution in [0.2, 0.25) is 0 Å². The highest BCUT2D eigenvalue weighted by atomic mass is 16.6. The summed E-state index contributed by atoms with van der Waals surface area (Å²) in [6.45, 7) is 11.6. The van der Waals surface area contributed by atoms with Crippen molar-refractivity contribution in [3.63, 3.8) is 0 Å². The first kappa shape index (κ1) is 22.7. The molecule has 1 unspecified atom stereocenters. The fourth-order valence-corrected chi connectivity index (χ4v) is 3.45. The Morgan fingerprint density at radius 1 is 1.29 bits per heavy atom. The Balaban J connectivity index is 1.73.